The van der Waals surface area contributed by atoms with Crippen LogP contribution in [-0.4, -0.2) is 43.9 Å². The Balaban J connectivity index is 2.64. The Labute approximate surface area is 69.7 Å². The van der Waals surface area contributed by atoms with Gasteiger partial charge in [-0.3, -0.25) is 0 Å². The van der Waals surface area contributed by atoms with Crippen molar-refractivity contribution >= 4 is 0 Å². The molecular formula is C9H20NO+. The summed E-state index contributed by atoms with van der Waals surface area (Å²) in [5.41, 5.74) is 0. The SMILES string of the molecule is CCC1COCC(C)[N+]1(C)C. The topological polar surface area (TPSA) is 9.23 Å². The van der Waals surface area contributed by atoms with Gasteiger partial charge in [0, 0.05) is 0 Å². The van der Waals surface area contributed by atoms with E-state index in [1.165, 1.54) is 6.42 Å². The number of morpholine rings is 1. The van der Waals surface area contributed by atoms with Gasteiger partial charge in [0.1, 0.15) is 12.1 Å². The van der Waals surface area contributed by atoms with Gasteiger partial charge in [0.2, 0.25) is 0 Å². The van der Waals surface area contributed by atoms with Crippen LogP contribution in [0, 0.1) is 0 Å². The molecular weight excluding hydrogens is 138 g/mol. The van der Waals surface area contributed by atoms with Crippen molar-refractivity contribution in [3.63, 3.8) is 0 Å². The Hall–Kier alpha value is -0.0800. The molecule has 0 aromatic carbocycles. The van der Waals surface area contributed by atoms with Gasteiger partial charge in [0.05, 0.1) is 27.3 Å². The van der Waals surface area contributed by atoms with Crippen molar-refractivity contribution < 1.29 is 9.22 Å². The quantitative estimate of drug-likeness (QED) is 0.522. The third-order valence-corrected chi connectivity index (χ3v) is 3.22. The average molecular weight is 158 g/mol. The smallest absolute Gasteiger partial charge is 0.112 e. The van der Waals surface area contributed by atoms with Gasteiger partial charge in [-0.2, -0.15) is 0 Å². The summed E-state index contributed by atoms with van der Waals surface area (Å²) in [5, 5.41) is 0. The van der Waals surface area contributed by atoms with E-state index in [4.69, 9.17) is 4.74 Å². The summed E-state index contributed by atoms with van der Waals surface area (Å²) >= 11 is 0. The van der Waals surface area contributed by atoms with E-state index in [-0.39, 0.29) is 0 Å². The Morgan fingerprint density at radius 3 is 2.45 bits per heavy atom. The molecule has 0 aromatic rings. The van der Waals surface area contributed by atoms with Crippen LogP contribution in [0.3, 0.4) is 0 Å². The number of nitrogens with zero attached hydrogens (tertiary/aromatic N) is 1. The minimum absolute atomic E-state index is 0.647. The zero-order valence-corrected chi connectivity index (χ0v) is 8.13. The van der Waals surface area contributed by atoms with E-state index in [2.05, 4.69) is 27.9 Å². The summed E-state index contributed by atoms with van der Waals surface area (Å²) < 4.78 is 6.63. The molecule has 0 saturated carbocycles. The molecule has 1 aliphatic rings. The van der Waals surface area contributed by atoms with Crippen LogP contribution in [-0.2, 0) is 4.74 Å². The third kappa shape index (κ3) is 1.57. The van der Waals surface area contributed by atoms with Crippen LogP contribution in [0.15, 0.2) is 0 Å². The highest BCUT2D eigenvalue weighted by molar-refractivity contribution is 4.64. The molecule has 1 saturated heterocycles. The molecule has 2 unspecified atom stereocenters. The minimum atomic E-state index is 0.647. The van der Waals surface area contributed by atoms with Gasteiger partial charge < -0.3 is 9.22 Å². The van der Waals surface area contributed by atoms with Crippen LogP contribution in [0.4, 0.5) is 0 Å². The van der Waals surface area contributed by atoms with Crippen molar-refractivity contribution in [3.8, 4) is 0 Å². The second-order valence-electron chi connectivity index (χ2n) is 4.08. The highest BCUT2D eigenvalue weighted by atomic mass is 16.5. The molecule has 1 rings (SSSR count). The highest BCUT2D eigenvalue weighted by Crippen LogP contribution is 2.20. The Morgan fingerprint density at radius 1 is 1.36 bits per heavy atom. The normalized spacial score (nSPS) is 37.1. The molecule has 0 bridgehead atoms. The van der Waals surface area contributed by atoms with Crippen LogP contribution >= 0.6 is 0 Å². The predicted molar refractivity (Wildman–Crippen MR) is 46.5 cm³/mol. The maximum atomic E-state index is 5.51. The first-order valence-electron chi connectivity index (χ1n) is 4.50. The van der Waals surface area contributed by atoms with Gasteiger partial charge in [0.25, 0.3) is 0 Å². The number of hydrogen-bond acceptors (Lipinski definition) is 1. The van der Waals surface area contributed by atoms with Crippen molar-refractivity contribution in [2.75, 3.05) is 27.3 Å². The molecule has 11 heavy (non-hydrogen) atoms. The fraction of sp³-hybridized carbons (Fsp3) is 1.00. The number of ether oxygens (including phenoxy) is 1. The van der Waals surface area contributed by atoms with Crippen molar-refractivity contribution in [2.45, 2.75) is 32.4 Å². The second-order valence-corrected chi connectivity index (χ2v) is 4.08. The standard InChI is InChI=1S/C9H20NO/c1-5-9-7-11-6-8(2)10(9,3)4/h8-9H,5-7H2,1-4H3/q+1. The lowest BCUT2D eigenvalue weighted by Gasteiger charge is -2.45. The first kappa shape index (κ1) is 9.01. The summed E-state index contributed by atoms with van der Waals surface area (Å²) in [7, 11) is 4.61. The van der Waals surface area contributed by atoms with Gasteiger partial charge in [-0.15, -0.1) is 0 Å². The molecule has 2 nitrogen and oxygen atoms in total. The van der Waals surface area contributed by atoms with E-state index < -0.39 is 0 Å². The van der Waals surface area contributed by atoms with Gasteiger partial charge >= 0.3 is 0 Å². The van der Waals surface area contributed by atoms with Crippen LogP contribution in [0.5, 0.6) is 0 Å². The van der Waals surface area contributed by atoms with Crippen molar-refractivity contribution in [1.29, 1.82) is 0 Å². The average Bonchev–Trinajstić information content (AvgIpc) is 1.95. The molecule has 0 radical (unpaired) electrons. The largest absolute Gasteiger partial charge is 0.369 e. The number of hydrogen-bond donors (Lipinski definition) is 0. The summed E-state index contributed by atoms with van der Waals surface area (Å²) in [4.78, 5) is 0. The van der Waals surface area contributed by atoms with Crippen LogP contribution in [0.1, 0.15) is 20.3 Å². The first-order valence-corrected chi connectivity index (χ1v) is 4.50. The van der Waals surface area contributed by atoms with Gasteiger partial charge in [-0.25, -0.2) is 0 Å². The first-order chi connectivity index (χ1) is 5.09. The van der Waals surface area contributed by atoms with Crippen LogP contribution < -0.4 is 0 Å². The summed E-state index contributed by atoms with van der Waals surface area (Å²) in [5.74, 6) is 0. The summed E-state index contributed by atoms with van der Waals surface area (Å²) in [6.45, 7) is 6.37. The lowest BCUT2D eigenvalue weighted by molar-refractivity contribution is -0.945. The van der Waals surface area contributed by atoms with E-state index in [0.717, 1.165) is 17.7 Å². The van der Waals surface area contributed by atoms with Crippen molar-refractivity contribution in [1.82, 2.24) is 0 Å². The van der Waals surface area contributed by atoms with Gasteiger partial charge in [0.15, 0.2) is 0 Å². The number of likely N-dealkylation sites (N-methyl/N-ethyl adjacent to an activating group) is 1. The molecule has 66 valence electrons. The number of rotatable bonds is 1. The molecule has 0 N–H and O–H groups in total. The summed E-state index contributed by atoms with van der Waals surface area (Å²) in [6.07, 6.45) is 1.22. The van der Waals surface area contributed by atoms with E-state index in [1.807, 2.05) is 0 Å². The van der Waals surface area contributed by atoms with Gasteiger partial charge in [-0.1, -0.05) is 6.92 Å². The molecule has 1 aliphatic heterocycles. The second kappa shape index (κ2) is 3.11. The fourth-order valence-corrected chi connectivity index (χ4v) is 1.71. The van der Waals surface area contributed by atoms with Crippen molar-refractivity contribution in [2.24, 2.45) is 0 Å². The van der Waals surface area contributed by atoms with E-state index in [1.54, 1.807) is 0 Å². The van der Waals surface area contributed by atoms with E-state index >= 15 is 0 Å². The van der Waals surface area contributed by atoms with E-state index in [0.29, 0.717) is 12.1 Å². The monoisotopic (exact) mass is 158 g/mol. The maximum Gasteiger partial charge on any atom is 0.112 e. The van der Waals surface area contributed by atoms with Crippen molar-refractivity contribution in [3.05, 3.63) is 0 Å². The summed E-state index contributed by atoms with van der Waals surface area (Å²) in [6, 6.07) is 1.34. The number of quaternary nitrogens is 1. The molecule has 1 heterocycles. The maximum absolute atomic E-state index is 5.51. The lowest BCUT2D eigenvalue weighted by Crippen LogP contribution is -2.61. The molecule has 2 heteroatoms. The van der Waals surface area contributed by atoms with Crippen LogP contribution in [0.2, 0.25) is 0 Å². The van der Waals surface area contributed by atoms with Crippen LogP contribution in [0.25, 0.3) is 0 Å². The predicted octanol–water partition coefficient (Wildman–Crippen LogP) is 1.26. The molecule has 0 aliphatic carbocycles. The Kier molecular flexibility index (Phi) is 2.55. The minimum Gasteiger partial charge on any atom is -0.369 e. The van der Waals surface area contributed by atoms with Gasteiger partial charge in [-0.05, 0) is 13.3 Å². The van der Waals surface area contributed by atoms with E-state index in [9.17, 15) is 0 Å². The molecule has 0 amide bonds. The highest BCUT2D eigenvalue weighted by Gasteiger charge is 2.36. The third-order valence-electron chi connectivity index (χ3n) is 3.22. The Bertz CT molecular complexity index is 134. The molecule has 0 aromatic heterocycles. The fourth-order valence-electron chi connectivity index (χ4n) is 1.71. The zero-order chi connectivity index (χ0) is 8.48. The molecule has 1 fully saturated rings. The Morgan fingerprint density at radius 2 is 2.00 bits per heavy atom. The molecule has 0 spiro atoms. The lowest BCUT2D eigenvalue weighted by atomic mass is 10.1. The molecule has 2 atom stereocenters. The zero-order valence-electron chi connectivity index (χ0n) is 8.13.